The van der Waals surface area contributed by atoms with E-state index in [1.54, 1.807) is 0 Å². The fourth-order valence-electron chi connectivity index (χ4n) is 5.72. The summed E-state index contributed by atoms with van der Waals surface area (Å²) in [6.07, 6.45) is 33.8. The molecule has 0 aromatic carbocycles. The minimum absolute atomic E-state index is 0.154. The standard InChI is InChI=1S/C45H72O11/c1-3-5-7-9-11-13-15-17-19-21-23-25-27-29-31-33-38(46)53-35-37(36-54-45-42(50)40(48)41(49)43(56-45)44(51)52)55-39(47)34-32-30-28-26-24-22-20-18-16-14-12-10-8-6-4-2/h5,7,11-14,17-20,23,25,37,40-43,45,48-50H,3-4,6,8-10,15-16,21-22,24,26-36H2,1-2H3,(H,51,52)/b7-5-,13-11-,14-12-,19-17-,20-18-,25-23-. The van der Waals surface area contributed by atoms with Gasteiger partial charge in [0.05, 0.1) is 6.61 Å². The molecule has 56 heavy (non-hydrogen) atoms. The summed E-state index contributed by atoms with van der Waals surface area (Å²) in [7, 11) is 0. The van der Waals surface area contributed by atoms with E-state index >= 15 is 0 Å². The van der Waals surface area contributed by atoms with Crippen molar-refractivity contribution in [3.05, 3.63) is 72.9 Å². The smallest absolute Gasteiger partial charge is 0.335 e. The molecular weight excluding hydrogens is 716 g/mol. The molecule has 1 saturated heterocycles. The molecule has 1 rings (SSSR count). The lowest BCUT2D eigenvalue weighted by atomic mass is 9.99. The minimum Gasteiger partial charge on any atom is -0.479 e. The number of hydrogen-bond donors (Lipinski definition) is 4. The maximum atomic E-state index is 12.7. The summed E-state index contributed by atoms with van der Waals surface area (Å²) in [5, 5.41) is 39.7. The number of carbonyl (C=O) groups is 3. The van der Waals surface area contributed by atoms with Gasteiger partial charge < -0.3 is 39.4 Å². The van der Waals surface area contributed by atoms with E-state index in [0.717, 1.165) is 83.5 Å². The van der Waals surface area contributed by atoms with Crippen LogP contribution in [0.25, 0.3) is 0 Å². The molecule has 1 aliphatic heterocycles. The molecule has 0 aliphatic carbocycles. The van der Waals surface area contributed by atoms with Crippen molar-refractivity contribution in [1.82, 2.24) is 0 Å². The highest BCUT2D eigenvalue weighted by molar-refractivity contribution is 5.73. The Bertz CT molecular complexity index is 1200. The number of hydrogen-bond acceptors (Lipinski definition) is 10. The van der Waals surface area contributed by atoms with Crippen LogP contribution in [0.4, 0.5) is 0 Å². The van der Waals surface area contributed by atoms with Crippen molar-refractivity contribution in [1.29, 1.82) is 0 Å². The molecule has 0 amide bonds. The van der Waals surface area contributed by atoms with Gasteiger partial charge in [-0.1, -0.05) is 119 Å². The van der Waals surface area contributed by atoms with Crippen molar-refractivity contribution in [3.63, 3.8) is 0 Å². The summed E-state index contributed by atoms with van der Waals surface area (Å²) >= 11 is 0. The van der Waals surface area contributed by atoms with Gasteiger partial charge in [-0.3, -0.25) is 9.59 Å². The number of allylic oxidation sites excluding steroid dienone is 12. The van der Waals surface area contributed by atoms with Gasteiger partial charge in [-0.2, -0.15) is 0 Å². The molecule has 1 aliphatic rings. The Morgan fingerprint density at radius 2 is 1.05 bits per heavy atom. The Kier molecular flexibility index (Phi) is 31.5. The number of rotatable bonds is 33. The number of unbranched alkanes of at least 4 members (excludes halogenated alkanes) is 10. The minimum atomic E-state index is -1.87. The number of aliphatic carboxylic acids is 1. The third kappa shape index (κ3) is 26.5. The Balaban J connectivity index is 2.46. The Morgan fingerprint density at radius 3 is 1.62 bits per heavy atom. The molecule has 11 nitrogen and oxygen atoms in total. The zero-order valence-corrected chi connectivity index (χ0v) is 34.1. The van der Waals surface area contributed by atoms with Gasteiger partial charge in [0.2, 0.25) is 0 Å². The molecule has 0 aromatic rings. The van der Waals surface area contributed by atoms with E-state index in [0.29, 0.717) is 12.8 Å². The molecule has 6 atom stereocenters. The van der Waals surface area contributed by atoms with Crippen LogP contribution in [0.3, 0.4) is 0 Å². The molecule has 0 spiro atoms. The lowest BCUT2D eigenvalue weighted by Gasteiger charge is -2.38. The molecule has 4 N–H and O–H groups in total. The van der Waals surface area contributed by atoms with Crippen molar-refractivity contribution in [3.8, 4) is 0 Å². The Hall–Kier alpha value is -3.35. The van der Waals surface area contributed by atoms with Crippen LogP contribution in [0, 0.1) is 0 Å². The average Bonchev–Trinajstić information content (AvgIpc) is 3.18. The SMILES string of the molecule is CC/C=C\C/C=C\C/C=C\C/C=C\CCCCC(=O)OCC(COC1OC(C(=O)O)C(O)C(O)C1O)OC(=O)CCCCCCC/C=C\C/C=C\CCCCC. The second kappa shape index (κ2) is 34.9. The first-order valence-electron chi connectivity index (χ1n) is 21.0. The van der Waals surface area contributed by atoms with E-state index in [4.69, 9.17) is 18.9 Å². The van der Waals surface area contributed by atoms with Crippen molar-refractivity contribution in [2.24, 2.45) is 0 Å². The molecule has 0 bridgehead atoms. The van der Waals surface area contributed by atoms with Gasteiger partial charge in [-0.05, 0) is 83.5 Å². The molecule has 11 heteroatoms. The van der Waals surface area contributed by atoms with Gasteiger partial charge in [0, 0.05) is 12.8 Å². The predicted octanol–water partition coefficient (Wildman–Crippen LogP) is 8.53. The summed E-state index contributed by atoms with van der Waals surface area (Å²) in [6, 6.07) is 0. The fourth-order valence-corrected chi connectivity index (χ4v) is 5.72. The quantitative estimate of drug-likeness (QED) is 0.0286. The number of aliphatic hydroxyl groups excluding tert-OH is 3. The van der Waals surface area contributed by atoms with E-state index < -0.39 is 61.3 Å². The molecule has 0 saturated carbocycles. The van der Waals surface area contributed by atoms with Crippen LogP contribution in [0.2, 0.25) is 0 Å². The number of aliphatic hydroxyl groups is 3. The normalized spacial score (nSPS) is 21.1. The Labute approximate surface area is 336 Å². The predicted molar refractivity (Wildman–Crippen MR) is 220 cm³/mol. The van der Waals surface area contributed by atoms with Gasteiger partial charge in [0.15, 0.2) is 18.5 Å². The van der Waals surface area contributed by atoms with Crippen molar-refractivity contribution in [2.75, 3.05) is 13.2 Å². The highest BCUT2D eigenvalue weighted by atomic mass is 16.7. The van der Waals surface area contributed by atoms with E-state index in [1.807, 2.05) is 0 Å². The molecular formula is C45H72O11. The molecule has 1 fully saturated rings. The summed E-state index contributed by atoms with van der Waals surface area (Å²) < 4.78 is 21.6. The van der Waals surface area contributed by atoms with E-state index in [2.05, 4.69) is 86.8 Å². The second-order valence-corrected chi connectivity index (χ2v) is 14.1. The monoisotopic (exact) mass is 789 g/mol. The lowest BCUT2D eigenvalue weighted by molar-refractivity contribution is -0.298. The maximum absolute atomic E-state index is 12.7. The topological polar surface area (TPSA) is 169 Å². The first kappa shape index (κ1) is 50.7. The van der Waals surface area contributed by atoms with Gasteiger partial charge in [-0.15, -0.1) is 0 Å². The first-order valence-corrected chi connectivity index (χ1v) is 21.0. The number of esters is 2. The van der Waals surface area contributed by atoms with E-state index in [9.17, 15) is 34.8 Å². The summed E-state index contributed by atoms with van der Waals surface area (Å²) in [6.45, 7) is 3.60. The van der Waals surface area contributed by atoms with Crippen LogP contribution in [0.5, 0.6) is 0 Å². The fraction of sp³-hybridized carbons (Fsp3) is 0.667. The summed E-state index contributed by atoms with van der Waals surface area (Å²) in [4.78, 5) is 36.7. The van der Waals surface area contributed by atoms with Crippen LogP contribution in [0.15, 0.2) is 72.9 Å². The molecule has 318 valence electrons. The van der Waals surface area contributed by atoms with Crippen LogP contribution in [-0.2, 0) is 33.3 Å². The lowest BCUT2D eigenvalue weighted by Crippen LogP contribution is -2.60. The molecule has 6 unspecified atom stereocenters. The number of carboxylic acids is 1. The van der Waals surface area contributed by atoms with Crippen LogP contribution >= 0.6 is 0 Å². The van der Waals surface area contributed by atoms with E-state index in [-0.39, 0.29) is 19.4 Å². The third-order valence-corrected chi connectivity index (χ3v) is 9.04. The zero-order valence-electron chi connectivity index (χ0n) is 34.1. The third-order valence-electron chi connectivity index (χ3n) is 9.04. The van der Waals surface area contributed by atoms with E-state index in [1.165, 1.54) is 19.3 Å². The number of carboxylic acid groups (broad SMARTS) is 1. The molecule has 0 radical (unpaired) electrons. The number of ether oxygens (including phenoxy) is 4. The maximum Gasteiger partial charge on any atom is 0.335 e. The van der Waals surface area contributed by atoms with Crippen LogP contribution < -0.4 is 0 Å². The van der Waals surface area contributed by atoms with Gasteiger partial charge >= 0.3 is 17.9 Å². The zero-order chi connectivity index (χ0) is 41.1. The number of carbonyl (C=O) groups excluding carboxylic acids is 2. The van der Waals surface area contributed by atoms with Crippen LogP contribution in [-0.4, -0.2) is 88.4 Å². The van der Waals surface area contributed by atoms with Crippen molar-refractivity contribution < 1.29 is 53.8 Å². The largest absolute Gasteiger partial charge is 0.479 e. The molecule has 1 heterocycles. The highest BCUT2D eigenvalue weighted by Gasteiger charge is 2.47. The summed E-state index contributed by atoms with van der Waals surface area (Å²) in [5.41, 5.74) is 0. The van der Waals surface area contributed by atoms with Crippen molar-refractivity contribution in [2.45, 2.75) is 179 Å². The highest BCUT2D eigenvalue weighted by Crippen LogP contribution is 2.23. The van der Waals surface area contributed by atoms with Gasteiger partial charge in [0.25, 0.3) is 0 Å². The van der Waals surface area contributed by atoms with Gasteiger partial charge in [0.1, 0.15) is 24.9 Å². The second-order valence-electron chi connectivity index (χ2n) is 14.1. The molecule has 0 aromatic heterocycles. The summed E-state index contributed by atoms with van der Waals surface area (Å²) in [5.74, 6) is -2.53. The first-order chi connectivity index (χ1) is 27.2. The van der Waals surface area contributed by atoms with Crippen LogP contribution in [0.1, 0.15) is 142 Å². The van der Waals surface area contributed by atoms with Crippen molar-refractivity contribution >= 4 is 17.9 Å². The van der Waals surface area contributed by atoms with Gasteiger partial charge in [-0.25, -0.2) is 4.79 Å². The Morgan fingerprint density at radius 1 is 0.571 bits per heavy atom. The average molecular weight is 789 g/mol.